The number of nitrogens with one attached hydrogen (secondary N) is 1. The summed E-state index contributed by atoms with van der Waals surface area (Å²) in [6, 6.07) is 12.5. The fourth-order valence-corrected chi connectivity index (χ4v) is 1.69. The van der Waals surface area contributed by atoms with Gasteiger partial charge >= 0.3 is 0 Å². The van der Waals surface area contributed by atoms with Crippen molar-refractivity contribution in [2.75, 3.05) is 11.1 Å². The van der Waals surface area contributed by atoms with Crippen molar-refractivity contribution in [3.63, 3.8) is 0 Å². The molecule has 1 unspecified atom stereocenters. The molecule has 0 saturated carbocycles. The van der Waals surface area contributed by atoms with Crippen LogP contribution < -0.4 is 11.1 Å². The molecule has 3 nitrogen and oxygen atoms in total. The van der Waals surface area contributed by atoms with E-state index in [1.54, 1.807) is 6.20 Å². The number of hydrogen-bond donors (Lipinski definition) is 2. The van der Waals surface area contributed by atoms with E-state index in [-0.39, 0.29) is 6.04 Å². The molecule has 3 heteroatoms. The zero-order chi connectivity index (χ0) is 12.3. The Morgan fingerprint density at radius 2 is 1.94 bits per heavy atom. The molecule has 0 aliphatic carbocycles. The van der Waals surface area contributed by atoms with Crippen LogP contribution in [0.5, 0.6) is 0 Å². The van der Waals surface area contributed by atoms with Crippen LogP contribution in [0.1, 0.15) is 24.1 Å². The highest BCUT2D eigenvalue weighted by atomic mass is 15.0. The predicted molar refractivity (Wildman–Crippen MR) is 71.9 cm³/mol. The summed E-state index contributed by atoms with van der Waals surface area (Å²) in [5.74, 6) is 0.855. The molecule has 1 aromatic heterocycles. The van der Waals surface area contributed by atoms with Gasteiger partial charge in [0.15, 0.2) is 0 Å². The van der Waals surface area contributed by atoms with E-state index in [4.69, 9.17) is 5.73 Å². The molecule has 88 valence electrons. The smallest absolute Gasteiger partial charge is 0.126 e. The van der Waals surface area contributed by atoms with Crippen LogP contribution in [-0.2, 0) is 0 Å². The average molecular weight is 227 g/mol. The van der Waals surface area contributed by atoms with Crippen LogP contribution in [0.25, 0.3) is 0 Å². The molecule has 0 radical (unpaired) electrons. The number of nitrogens with zero attached hydrogens (tertiary/aromatic N) is 1. The highest BCUT2D eigenvalue weighted by molar-refractivity contribution is 5.51. The van der Waals surface area contributed by atoms with Gasteiger partial charge in [-0.25, -0.2) is 4.98 Å². The number of anilines is 2. The lowest BCUT2D eigenvalue weighted by molar-refractivity contribution is 0.874. The Bertz CT molecular complexity index is 494. The largest absolute Gasteiger partial charge is 0.397 e. The number of pyridine rings is 1. The summed E-state index contributed by atoms with van der Waals surface area (Å²) in [5.41, 5.74) is 8.75. The van der Waals surface area contributed by atoms with Crippen molar-refractivity contribution in [3.05, 3.63) is 53.7 Å². The van der Waals surface area contributed by atoms with Crippen LogP contribution in [0.4, 0.5) is 11.5 Å². The maximum Gasteiger partial charge on any atom is 0.126 e. The van der Waals surface area contributed by atoms with Crippen molar-refractivity contribution in [1.29, 1.82) is 0 Å². The number of aromatic nitrogens is 1. The highest BCUT2D eigenvalue weighted by Crippen LogP contribution is 2.19. The third-order valence-corrected chi connectivity index (χ3v) is 2.82. The normalized spacial score (nSPS) is 12.1. The van der Waals surface area contributed by atoms with Gasteiger partial charge in [-0.15, -0.1) is 0 Å². The molecule has 1 heterocycles. The Kier molecular flexibility index (Phi) is 3.28. The molecule has 2 rings (SSSR count). The van der Waals surface area contributed by atoms with Gasteiger partial charge in [-0.3, -0.25) is 0 Å². The summed E-state index contributed by atoms with van der Waals surface area (Å²) < 4.78 is 0. The van der Waals surface area contributed by atoms with Crippen LogP contribution in [0, 0.1) is 6.92 Å². The second-order valence-corrected chi connectivity index (χ2v) is 4.20. The maximum absolute atomic E-state index is 5.74. The van der Waals surface area contributed by atoms with Crippen molar-refractivity contribution in [2.45, 2.75) is 19.9 Å². The van der Waals surface area contributed by atoms with Crippen LogP contribution in [0.2, 0.25) is 0 Å². The first-order valence-electron chi connectivity index (χ1n) is 5.70. The molecule has 17 heavy (non-hydrogen) atoms. The van der Waals surface area contributed by atoms with Crippen molar-refractivity contribution >= 4 is 11.5 Å². The summed E-state index contributed by atoms with van der Waals surface area (Å²) in [7, 11) is 0. The Balaban J connectivity index is 2.13. The number of nitrogen functional groups attached to an aromatic ring is 1. The van der Waals surface area contributed by atoms with Gasteiger partial charge in [0.25, 0.3) is 0 Å². The molecule has 3 N–H and O–H groups in total. The maximum atomic E-state index is 5.74. The van der Waals surface area contributed by atoms with Gasteiger partial charge in [0, 0.05) is 6.04 Å². The minimum absolute atomic E-state index is 0.228. The quantitative estimate of drug-likeness (QED) is 0.847. The summed E-state index contributed by atoms with van der Waals surface area (Å²) in [4.78, 5) is 4.27. The van der Waals surface area contributed by atoms with Gasteiger partial charge in [-0.05, 0) is 31.0 Å². The van der Waals surface area contributed by atoms with E-state index >= 15 is 0 Å². The van der Waals surface area contributed by atoms with Crippen LogP contribution in [0.15, 0.2) is 42.6 Å². The molecule has 0 spiro atoms. The minimum atomic E-state index is 0.228. The second-order valence-electron chi connectivity index (χ2n) is 4.20. The fourth-order valence-electron chi connectivity index (χ4n) is 1.69. The zero-order valence-corrected chi connectivity index (χ0v) is 10.1. The monoisotopic (exact) mass is 227 g/mol. The van der Waals surface area contributed by atoms with E-state index in [1.807, 2.05) is 31.2 Å². The lowest BCUT2D eigenvalue weighted by Gasteiger charge is -2.15. The van der Waals surface area contributed by atoms with E-state index < -0.39 is 0 Å². The number of hydrogen-bond acceptors (Lipinski definition) is 3. The summed E-state index contributed by atoms with van der Waals surface area (Å²) >= 11 is 0. The topological polar surface area (TPSA) is 50.9 Å². The molecule has 0 saturated heterocycles. The Labute approximate surface area is 102 Å². The Hall–Kier alpha value is -2.03. The molecule has 0 aliphatic heterocycles. The molecule has 0 fully saturated rings. The van der Waals surface area contributed by atoms with Crippen LogP contribution in [-0.4, -0.2) is 4.98 Å². The first-order chi connectivity index (χ1) is 8.16. The van der Waals surface area contributed by atoms with Crippen molar-refractivity contribution < 1.29 is 0 Å². The van der Waals surface area contributed by atoms with Gasteiger partial charge in [0.05, 0.1) is 11.9 Å². The molecule has 2 aromatic rings. The van der Waals surface area contributed by atoms with E-state index in [0.29, 0.717) is 0 Å². The standard InChI is InChI=1S/C14H17N3/c1-10-8-14(16-9-13(10)15)17-11(2)12-6-4-3-5-7-12/h3-9,11H,15H2,1-2H3,(H,16,17). The van der Waals surface area contributed by atoms with Crippen LogP contribution >= 0.6 is 0 Å². The summed E-state index contributed by atoms with van der Waals surface area (Å²) in [6.45, 7) is 4.10. The molecule has 0 bridgehead atoms. The predicted octanol–water partition coefficient (Wildman–Crippen LogP) is 3.15. The third kappa shape index (κ3) is 2.75. The van der Waals surface area contributed by atoms with E-state index in [0.717, 1.165) is 17.1 Å². The minimum Gasteiger partial charge on any atom is -0.397 e. The second kappa shape index (κ2) is 4.87. The van der Waals surface area contributed by atoms with Gasteiger partial charge in [-0.1, -0.05) is 30.3 Å². The van der Waals surface area contributed by atoms with E-state index in [2.05, 4.69) is 29.4 Å². The number of rotatable bonds is 3. The molecular weight excluding hydrogens is 210 g/mol. The molecule has 1 atom stereocenters. The first-order valence-corrected chi connectivity index (χ1v) is 5.70. The lowest BCUT2D eigenvalue weighted by Crippen LogP contribution is -2.08. The molecular formula is C14H17N3. The Morgan fingerprint density at radius 1 is 1.24 bits per heavy atom. The van der Waals surface area contributed by atoms with E-state index in [1.165, 1.54) is 5.56 Å². The SMILES string of the molecule is Cc1cc(NC(C)c2ccccc2)ncc1N. The summed E-state index contributed by atoms with van der Waals surface area (Å²) in [6.07, 6.45) is 1.69. The van der Waals surface area contributed by atoms with Crippen molar-refractivity contribution in [1.82, 2.24) is 4.98 Å². The van der Waals surface area contributed by atoms with Crippen molar-refractivity contribution in [2.24, 2.45) is 0 Å². The molecule has 1 aromatic carbocycles. The van der Waals surface area contributed by atoms with Crippen LogP contribution in [0.3, 0.4) is 0 Å². The van der Waals surface area contributed by atoms with Crippen molar-refractivity contribution in [3.8, 4) is 0 Å². The van der Waals surface area contributed by atoms with Gasteiger partial charge < -0.3 is 11.1 Å². The summed E-state index contributed by atoms with van der Waals surface area (Å²) in [5, 5.41) is 3.36. The molecule has 0 amide bonds. The number of benzene rings is 1. The fraction of sp³-hybridized carbons (Fsp3) is 0.214. The van der Waals surface area contributed by atoms with Gasteiger partial charge in [0.2, 0.25) is 0 Å². The average Bonchev–Trinajstić information content (AvgIpc) is 2.35. The zero-order valence-electron chi connectivity index (χ0n) is 10.1. The third-order valence-electron chi connectivity index (χ3n) is 2.82. The number of aryl methyl sites for hydroxylation is 1. The lowest BCUT2D eigenvalue weighted by atomic mass is 10.1. The highest BCUT2D eigenvalue weighted by Gasteiger charge is 2.05. The number of nitrogens with two attached hydrogens (primary N) is 1. The van der Waals surface area contributed by atoms with Gasteiger partial charge in [0.1, 0.15) is 5.82 Å². The Morgan fingerprint density at radius 3 is 2.59 bits per heavy atom. The molecule has 0 aliphatic rings. The van der Waals surface area contributed by atoms with E-state index in [9.17, 15) is 0 Å². The first kappa shape index (κ1) is 11.5. The van der Waals surface area contributed by atoms with Gasteiger partial charge in [-0.2, -0.15) is 0 Å².